The van der Waals surface area contributed by atoms with Gasteiger partial charge in [-0.2, -0.15) is 13.2 Å². The van der Waals surface area contributed by atoms with E-state index in [0.29, 0.717) is 5.69 Å². The van der Waals surface area contributed by atoms with Crippen LogP contribution in [0.3, 0.4) is 0 Å². The number of aromatic nitrogens is 2. The molecular weight excluding hydrogens is 259 g/mol. The fourth-order valence-electron chi connectivity index (χ4n) is 1.69. The number of hydrogen-bond acceptors (Lipinski definition) is 2. The second-order valence-electron chi connectivity index (χ2n) is 4.02. The smallest absolute Gasteiger partial charge is 0.366 e. The van der Waals surface area contributed by atoms with E-state index in [2.05, 4.69) is 4.98 Å². The van der Waals surface area contributed by atoms with Crippen molar-refractivity contribution in [2.24, 2.45) is 5.73 Å². The summed E-state index contributed by atoms with van der Waals surface area (Å²) in [5.41, 5.74) is 4.63. The Hall–Kier alpha value is -2.31. The molecule has 19 heavy (non-hydrogen) atoms. The van der Waals surface area contributed by atoms with E-state index in [4.69, 9.17) is 5.73 Å². The van der Waals surface area contributed by atoms with Gasteiger partial charge in [0.1, 0.15) is 0 Å². The lowest BCUT2D eigenvalue weighted by Crippen LogP contribution is -2.15. The van der Waals surface area contributed by atoms with E-state index in [0.717, 1.165) is 18.2 Å². The Bertz CT molecular complexity index is 631. The first-order chi connectivity index (χ1) is 8.79. The molecule has 0 radical (unpaired) electrons. The van der Waals surface area contributed by atoms with E-state index in [-0.39, 0.29) is 11.3 Å². The Morgan fingerprint density at radius 2 is 2.05 bits per heavy atom. The fourth-order valence-corrected chi connectivity index (χ4v) is 1.69. The van der Waals surface area contributed by atoms with Gasteiger partial charge in [-0.25, -0.2) is 4.98 Å². The van der Waals surface area contributed by atoms with Crippen LogP contribution >= 0.6 is 0 Å². The summed E-state index contributed by atoms with van der Waals surface area (Å²) in [6, 6.07) is 3.00. The summed E-state index contributed by atoms with van der Waals surface area (Å²) in [5.74, 6) is -0.785. The lowest BCUT2D eigenvalue weighted by molar-refractivity contribution is -0.137. The van der Waals surface area contributed by atoms with E-state index in [1.54, 1.807) is 6.92 Å². The van der Waals surface area contributed by atoms with E-state index in [1.807, 2.05) is 0 Å². The number of primary amides is 1. The van der Waals surface area contributed by atoms with Crippen LogP contribution < -0.4 is 5.73 Å². The number of hydrogen-bond donors (Lipinski definition) is 1. The van der Waals surface area contributed by atoms with Gasteiger partial charge in [0.05, 0.1) is 23.3 Å². The van der Waals surface area contributed by atoms with Crippen molar-refractivity contribution in [2.45, 2.75) is 13.1 Å². The van der Waals surface area contributed by atoms with E-state index in [1.165, 1.54) is 17.1 Å². The second kappa shape index (κ2) is 4.42. The highest BCUT2D eigenvalue weighted by molar-refractivity contribution is 5.93. The standard InChI is InChI=1S/C12H10F3N3O/c1-7-5-18(6-17-7)10-4-8(11(16)19)2-3-9(10)12(13,14)15/h2-6H,1H3,(H2,16,19). The van der Waals surface area contributed by atoms with E-state index >= 15 is 0 Å². The molecule has 0 aliphatic rings. The van der Waals surface area contributed by atoms with Gasteiger partial charge in [0.2, 0.25) is 5.91 Å². The molecule has 0 spiro atoms. The molecular formula is C12H10F3N3O. The molecule has 2 rings (SSSR count). The zero-order valence-electron chi connectivity index (χ0n) is 9.90. The molecule has 0 saturated heterocycles. The zero-order valence-corrected chi connectivity index (χ0v) is 9.90. The first-order valence-corrected chi connectivity index (χ1v) is 5.31. The molecule has 7 heteroatoms. The van der Waals surface area contributed by atoms with Crippen molar-refractivity contribution in [2.75, 3.05) is 0 Å². The number of carbonyl (C=O) groups is 1. The molecule has 1 aromatic carbocycles. The lowest BCUT2D eigenvalue weighted by atomic mass is 10.1. The fraction of sp³-hybridized carbons (Fsp3) is 0.167. The minimum Gasteiger partial charge on any atom is -0.366 e. The van der Waals surface area contributed by atoms with Crippen LogP contribution in [0.15, 0.2) is 30.7 Å². The van der Waals surface area contributed by atoms with Crippen LogP contribution in [0.2, 0.25) is 0 Å². The number of nitrogens with two attached hydrogens (primary N) is 1. The SMILES string of the molecule is Cc1cn(-c2cc(C(N)=O)ccc2C(F)(F)F)cn1. The average Bonchev–Trinajstić information content (AvgIpc) is 2.73. The number of alkyl halides is 3. The molecule has 0 saturated carbocycles. The van der Waals surface area contributed by atoms with Crippen LogP contribution in [-0.4, -0.2) is 15.5 Å². The number of benzene rings is 1. The molecule has 0 aliphatic carbocycles. The monoisotopic (exact) mass is 269 g/mol. The maximum absolute atomic E-state index is 12.9. The summed E-state index contributed by atoms with van der Waals surface area (Å²) in [6.07, 6.45) is -1.83. The second-order valence-corrected chi connectivity index (χ2v) is 4.02. The van der Waals surface area contributed by atoms with Crippen molar-refractivity contribution in [1.29, 1.82) is 0 Å². The molecule has 100 valence electrons. The van der Waals surface area contributed by atoms with Crippen LogP contribution in [0.5, 0.6) is 0 Å². The highest BCUT2D eigenvalue weighted by Gasteiger charge is 2.34. The van der Waals surface area contributed by atoms with Crippen molar-refractivity contribution in [3.05, 3.63) is 47.5 Å². The van der Waals surface area contributed by atoms with Crippen molar-refractivity contribution >= 4 is 5.91 Å². The van der Waals surface area contributed by atoms with Gasteiger partial charge in [-0.1, -0.05) is 0 Å². The third-order valence-electron chi connectivity index (χ3n) is 2.58. The van der Waals surface area contributed by atoms with Gasteiger partial charge >= 0.3 is 6.18 Å². The van der Waals surface area contributed by atoms with Crippen LogP contribution in [0.1, 0.15) is 21.6 Å². The van der Waals surface area contributed by atoms with Gasteiger partial charge in [-0.15, -0.1) is 0 Å². The molecule has 0 atom stereocenters. The number of amides is 1. The Balaban J connectivity index is 2.66. The minimum absolute atomic E-state index is 0.00866. The van der Waals surface area contributed by atoms with Crippen molar-refractivity contribution in [3.63, 3.8) is 0 Å². The quantitative estimate of drug-likeness (QED) is 0.909. The topological polar surface area (TPSA) is 60.9 Å². The molecule has 4 nitrogen and oxygen atoms in total. The van der Waals surface area contributed by atoms with Crippen LogP contribution in [-0.2, 0) is 6.18 Å². The lowest BCUT2D eigenvalue weighted by Gasteiger charge is -2.14. The number of halogens is 3. The predicted molar refractivity (Wildman–Crippen MR) is 61.8 cm³/mol. The van der Waals surface area contributed by atoms with E-state index in [9.17, 15) is 18.0 Å². The molecule has 1 aromatic heterocycles. The Morgan fingerprint density at radius 3 is 2.53 bits per heavy atom. The van der Waals surface area contributed by atoms with E-state index < -0.39 is 17.6 Å². The molecule has 0 fully saturated rings. The van der Waals surface area contributed by atoms with Gasteiger partial charge in [-0.05, 0) is 25.1 Å². The Kier molecular flexibility index (Phi) is 3.05. The van der Waals surface area contributed by atoms with Crippen LogP contribution in [0, 0.1) is 6.92 Å². The van der Waals surface area contributed by atoms with Crippen molar-refractivity contribution in [1.82, 2.24) is 9.55 Å². The highest BCUT2D eigenvalue weighted by atomic mass is 19.4. The predicted octanol–water partition coefficient (Wildman–Crippen LogP) is 2.30. The van der Waals surface area contributed by atoms with Gasteiger partial charge in [0.25, 0.3) is 0 Å². The zero-order chi connectivity index (χ0) is 14.2. The molecule has 1 heterocycles. The molecule has 0 unspecified atom stereocenters. The summed E-state index contributed by atoms with van der Waals surface area (Å²) in [4.78, 5) is 14.9. The third-order valence-corrected chi connectivity index (χ3v) is 2.58. The van der Waals surface area contributed by atoms with Gasteiger partial charge in [0, 0.05) is 11.8 Å². The first-order valence-electron chi connectivity index (χ1n) is 5.31. The van der Waals surface area contributed by atoms with Crippen LogP contribution in [0.4, 0.5) is 13.2 Å². The minimum atomic E-state index is -4.52. The first kappa shape index (κ1) is 13.1. The normalized spacial score (nSPS) is 11.6. The van der Waals surface area contributed by atoms with Crippen molar-refractivity contribution < 1.29 is 18.0 Å². The molecule has 0 bridgehead atoms. The number of imidazole rings is 1. The molecule has 1 amide bonds. The maximum atomic E-state index is 12.9. The Labute approximate surface area is 106 Å². The van der Waals surface area contributed by atoms with Gasteiger partial charge in [-0.3, -0.25) is 4.79 Å². The maximum Gasteiger partial charge on any atom is 0.418 e. The number of carbonyl (C=O) groups excluding carboxylic acids is 1. The average molecular weight is 269 g/mol. The van der Waals surface area contributed by atoms with Gasteiger partial charge in [0.15, 0.2) is 0 Å². The highest BCUT2D eigenvalue weighted by Crippen LogP contribution is 2.34. The summed E-state index contributed by atoms with van der Waals surface area (Å²) < 4.78 is 40.0. The van der Waals surface area contributed by atoms with Gasteiger partial charge < -0.3 is 10.3 Å². The third kappa shape index (κ3) is 2.59. The number of nitrogens with zero attached hydrogens (tertiary/aromatic N) is 2. The largest absolute Gasteiger partial charge is 0.418 e. The number of rotatable bonds is 2. The number of aryl methyl sites for hydroxylation is 1. The molecule has 0 aliphatic heterocycles. The van der Waals surface area contributed by atoms with Crippen molar-refractivity contribution in [3.8, 4) is 5.69 Å². The molecule has 2 N–H and O–H groups in total. The summed E-state index contributed by atoms with van der Waals surface area (Å²) in [6.45, 7) is 1.65. The summed E-state index contributed by atoms with van der Waals surface area (Å²) in [7, 11) is 0. The Morgan fingerprint density at radius 1 is 1.37 bits per heavy atom. The summed E-state index contributed by atoms with van der Waals surface area (Å²) >= 11 is 0. The van der Waals surface area contributed by atoms with Crippen LogP contribution in [0.25, 0.3) is 5.69 Å². The summed E-state index contributed by atoms with van der Waals surface area (Å²) in [5, 5.41) is 0. The molecule has 2 aromatic rings.